The molecule has 1 saturated heterocycles. The summed E-state index contributed by atoms with van der Waals surface area (Å²) >= 11 is 0. The summed E-state index contributed by atoms with van der Waals surface area (Å²) in [7, 11) is -4.22. The van der Waals surface area contributed by atoms with Crippen molar-refractivity contribution in [3.8, 4) is 5.75 Å². The van der Waals surface area contributed by atoms with Gasteiger partial charge in [-0.15, -0.1) is 0 Å². The smallest absolute Gasteiger partial charge is 0.453 e. The maximum atomic E-state index is 15.9. The van der Waals surface area contributed by atoms with Gasteiger partial charge in [-0.1, -0.05) is 109 Å². The number of halogens is 2. The molecule has 2 aliphatic rings. The summed E-state index contributed by atoms with van der Waals surface area (Å²) in [6, 6.07) is 6.61. The van der Waals surface area contributed by atoms with Crippen molar-refractivity contribution >= 4 is 19.6 Å². The Kier molecular flexibility index (Phi) is 15.1. The van der Waals surface area contributed by atoms with Crippen molar-refractivity contribution in [2.45, 2.75) is 148 Å². The van der Waals surface area contributed by atoms with Gasteiger partial charge < -0.3 is 19.7 Å². The number of ether oxygens (including phenoxy) is 2. The molecule has 3 heterocycles. The Balaban J connectivity index is 1.27. The third-order valence-corrected chi connectivity index (χ3v) is 10.3. The van der Waals surface area contributed by atoms with E-state index in [-0.39, 0.29) is 18.8 Å². The Hall–Kier alpha value is -2.86. The van der Waals surface area contributed by atoms with Crippen LogP contribution in [0.3, 0.4) is 0 Å². The molecule has 2 aromatic rings. The number of nitrogens with zero attached hydrogens (tertiary/aromatic N) is 2. The zero-order chi connectivity index (χ0) is 35.3. The summed E-state index contributed by atoms with van der Waals surface area (Å²) in [5, 5.41) is 0. The van der Waals surface area contributed by atoms with Crippen molar-refractivity contribution < 1.29 is 41.2 Å². The molecule has 1 aromatic heterocycles. The van der Waals surface area contributed by atoms with E-state index in [9.17, 15) is 14.2 Å². The predicted molar refractivity (Wildman–Crippen MR) is 181 cm³/mol. The number of phosphoric ester groups is 1. The first kappa shape index (κ1) is 38.9. The van der Waals surface area contributed by atoms with Crippen LogP contribution in [0.5, 0.6) is 5.75 Å². The van der Waals surface area contributed by atoms with Crippen LogP contribution in [-0.2, 0) is 41.0 Å². The van der Waals surface area contributed by atoms with Gasteiger partial charge in [0.2, 0.25) is 0 Å². The number of anilines is 1. The fraction of sp³-hybridized carbons (Fsp3) is 0.686. The standard InChI is InChI=1S/C35H52F2N3O8P/c1-3-4-5-6-7-8-9-10-11-12-13-14-15-16-20-31(41)47-33-28(25-45-49(43)44-24-27-19-17-18-26(2)32(27)48-49)46-29(35(33,36)37)23-40-22-21-30(38)39-34(40)42/h17-19,21-22,28-29,33H,3-16,20,23-25H2,1-2H3,(H2,38,39,42)/t28-,29+,33-,49?/m1/s1. The molecule has 274 valence electrons. The fourth-order valence-electron chi connectivity index (χ4n) is 6.15. The lowest BCUT2D eigenvalue weighted by molar-refractivity contribution is -0.172. The predicted octanol–water partition coefficient (Wildman–Crippen LogP) is 8.05. The Bertz CT molecular complexity index is 1460. The van der Waals surface area contributed by atoms with Gasteiger partial charge in [0.1, 0.15) is 23.8 Å². The highest BCUT2D eigenvalue weighted by molar-refractivity contribution is 7.49. The molecule has 2 aliphatic heterocycles. The number of aryl methyl sites for hydroxylation is 1. The molecule has 4 rings (SSSR count). The van der Waals surface area contributed by atoms with Crippen molar-refractivity contribution in [3.63, 3.8) is 0 Å². The van der Waals surface area contributed by atoms with Crippen molar-refractivity contribution in [3.05, 3.63) is 52.1 Å². The Morgan fingerprint density at radius 1 is 1.02 bits per heavy atom. The van der Waals surface area contributed by atoms with Crippen LogP contribution in [0, 0.1) is 6.92 Å². The number of para-hydroxylation sites is 1. The zero-order valence-electron chi connectivity index (χ0n) is 28.8. The lowest BCUT2D eigenvalue weighted by atomic mass is 10.0. The second kappa shape index (κ2) is 18.9. The average Bonchev–Trinajstić information content (AvgIpc) is 3.29. The molecular weight excluding hydrogens is 659 g/mol. The van der Waals surface area contributed by atoms with E-state index in [1.54, 1.807) is 25.1 Å². The molecule has 0 bridgehead atoms. The van der Waals surface area contributed by atoms with Gasteiger partial charge in [0, 0.05) is 18.2 Å². The zero-order valence-corrected chi connectivity index (χ0v) is 29.7. The number of carbonyl (C=O) groups is 1. The monoisotopic (exact) mass is 711 g/mol. The summed E-state index contributed by atoms with van der Waals surface area (Å²) < 4.78 is 73.3. The van der Waals surface area contributed by atoms with Gasteiger partial charge in [-0.2, -0.15) is 13.8 Å². The summed E-state index contributed by atoms with van der Waals surface area (Å²) in [6.07, 6.45) is 11.8. The Morgan fingerprint density at radius 3 is 2.29 bits per heavy atom. The third kappa shape index (κ3) is 11.6. The summed E-state index contributed by atoms with van der Waals surface area (Å²) in [5.41, 5.74) is 6.06. The van der Waals surface area contributed by atoms with E-state index in [2.05, 4.69) is 11.9 Å². The van der Waals surface area contributed by atoms with E-state index in [4.69, 9.17) is 28.8 Å². The third-order valence-electron chi connectivity index (χ3n) is 9.01. The van der Waals surface area contributed by atoms with Gasteiger partial charge in [0.25, 0.3) is 0 Å². The number of alkyl halides is 2. The van der Waals surface area contributed by atoms with Gasteiger partial charge in [-0.3, -0.25) is 18.4 Å². The normalized spacial score (nSPS) is 22.8. The lowest BCUT2D eigenvalue weighted by Gasteiger charge is -2.27. The minimum Gasteiger partial charge on any atom is -0.453 e. The second-order valence-electron chi connectivity index (χ2n) is 13.1. The molecule has 14 heteroatoms. The maximum absolute atomic E-state index is 15.9. The Labute approximate surface area is 287 Å². The number of nitrogen functional groups attached to an aromatic ring is 1. The molecule has 0 spiro atoms. The lowest BCUT2D eigenvalue weighted by Crippen LogP contribution is -2.46. The molecule has 49 heavy (non-hydrogen) atoms. The largest absolute Gasteiger partial charge is 0.530 e. The highest BCUT2D eigenvalue weighted by Crippen LogP contribution is 2.56. The molecule has 1 unspecified atom stereocenters. The van der Waals surface area contributed by atoms with E-state index in [0.29, 0.717) is 23.3 Å². The van der Waals surface area contributed by atoms with Gasteiger partial charge in [-0.25, -0.2) is 9.36 Å². The molecule has 4 atom stereocenters. The van der Waals surface area contributed by atoms with Crippen molar-refractivity contribution in [2.24, 2.45) is 0 Å². The number of fused-ring (bicyclic) bond motifs is 1. The molecule has 0 amide bonds. The molecule has 0 saturated carbocycles. The highest BCUT2D eigenvalue weighted by Gasteiger charge is 2.61. The number of carbonyl (C=O) groups excluding carboxylic acids is 1. The number of rotatable bonds is 21. The number of unbranched alkanes of at least 4 members (excludes halogenated alkanes) is 13. The van der Waals surface area contributed by atoms with Crippen LogP contribution in [0.2, 0.25) is 0 Å². The quantitative estimate of drug-likeness (QED) is 0.0768. The van der Waals surface area contributed by atoms with Gasteiger partial charge in [-0.05, 0) is 25.0 Å². The minimum absolute atomic E-state index is 0.0367. The number of aromatic nitrogens is 2. The first-order valence-corrected chi connectivity index (χ1v) is 19.2. The van der Waals surface area contributed by atoms with E-state index in [0.717, 1.165) is 30.3 Å². The number of hydrogen-bond acceptors (Lipinski definition) is 10. The van der Waals surface area contributed by atoms with Crippen LogP contribution in [0.15, 0.2) is 35.3 Å². The van der Waals surface area contributed by atoms with E-state index in [1.165, 1.54) is 70.1 Å². The number of hydrogen-bond donors (Lipinski definition) is 1. The van der Waals surface area contributed by atoms with Crippen molar-refractivity contribution in [1.82, 2.24) is 9.55 Å². The van der Waals surface area contributed by atoms with Crippen LogP contribution in [-0.4, -0.2) is 46.4 Å². The molecule has 0 radical (unpaired) electrons. The number of phosphoric acid groups is 1. The SMILES string of the molecule is CCCCCCCCCCCCCCCCC(=O)O[C@@H]1[C@@H](COP2(=O)OCc3cccc(C)c3O2)O[C@@H](Cn2ccc(N)nc2=O)C1(F)F. The van der Waals surface area contributed by atoms with E-state index >= 15 is 8.78 Å². The maximum Gasteiger partial charge on any atom is 0.530 e. The number of nitrogens with two attached hydrogens (primary N) is 1. The molecular formula is C35H52F2N3O8P. The van der Waals surface area contributed by atoms with Gasteiger partial charge >= 0.3 is 25.4 Å². The molecule has 2 N–H and O–H groups in total. The van der Waals surface area contributed by atoms with Crippen LogP contribution in [0.4, 0.5) is 14.6 Å². The number of benzene rings is 1. The van der Waals surface area contributed by atoms with Crippen molar-refractivity contribution in [2.75, 3.05) is 12.3 Å². The highest BCUT2D eigenvalue weighted by atomic mass is 31.2. The summed E-state index contributed by atoms with van der Waals surface area (Å²) in [6.45, 7) is 2.65. The molecule has 1 fully saturated rings. The van der Waals surface area contributed by atoms with Crippen molar-refractivity contribution in [1.29, 1.82) is 0 Å². The molecule has 0 aliphatic carbocycles. The van der Waals surface area contributed by atoms with Gasteiger partial charge in [0.05, 0.1) is 19.8 Å². The molecule has 11 nitrogen and oxygen atoms in total. The Morgan fingerprint density at radius 2 is 1.65 bits per heavy atom. The molecule has 1 aromatic carbocycles. The number of esters is 1. The van der Waals surface area contributed by atoms with Crippen LogP contribution in [0.1, 0.15) is 114 Å². The van der Waals surface area contributed by atoms with Crippen LogP contribution >= 0.6 is 7.82 Å². The first-order chi connectivity index (χ1) is 23.5. The fourth-order valence-corrected chi connectivity index (χ4v) is 7.44. The summed E-state index contributed by atoms with van der Waals surface area (Å²) in [5.74, 6) is -4.26. The first-order valence-electron chi connectivity index (χ1n) is 17.8. The topological polar surface area (TPSA) is 141 Å². The van der Waals surface area contributed by atoms with Gasteiger partial charge in [0.15, 0.2) is 6.10 Å². The minimum atomic E-state index is -4.22. The second-order valence-corrected chi connectivity index (χ2v) is 14.6. The summed E-state index contributed by atoms with van der Waals surface area (Å²) in [4.78, 5) is 28.7. The average molecular weight is 712 g/mol. The van der Waals surface area contributed by atoms with Crippen LogP contribution < -0.4 is 15.9 Å². The van der Waals surface area contributed by atoms with E-state index in [1.807, 2.05) is 0 Å². The van der Waals surface area contributed by atoms with E-state index < -0.39 is 56.9 Å². The van der Waals surface area contributed by atoms with Crippen LogP contribution in [0.25, 0.3) is 0 Å².